The molecule has 118 valence electrons. The van der Waals surface area contributed by atoms with Crippen LogP contribution >= 0.6 is 0 Å². The third-order valence-corrected chi connectivity index (χ3v) is 5.61. The third kappa shape index (κ3) is 4.18. The second-order valence-corrected chi connectivity index (χ2v) is 7.28. The number of benzene rings is 1. The molecule has 1 heterocycles. The molecule has 1 fully saturated rings. The summed E-state index contributed by atoms with van der Waals surface area (Å²) in [6, 6.07) is 6.48. The largest absolute Gasteiger partial charge is 0.497 e. The van der Waals surface area contributed by atoms with Crippen molar-refractivity contribution in [3.05, 3.63) is 24.3 Å². The molecule has 1 aliphatic heterocycles. The minimum atomic E-state index is -3.32. The molecule has 1 N–H and O–H groups in total. The standard InChI is InChI=1S/C15H23NO4S/c1-3-16-15(12-8-9-20-10-12)11-21(17,18)14-6-4-13(19-2)5-7-14/h4-7,12,15-16H,3,8-11H2,1-2H3. The van der Waals surface area contributed by atoms with E-state index in [1.807, 2.05) is 6.92 Å². The zero-order valence-corrected chi connectivity index (χ0v) is 13.4. The van der Waals surface area contributed by atoms with Crippen LogP contribution in [0.25, 0.3) is 0 Å². The van der Waals surface area contributed by atoms with Crippen molar-refractivity contribution in [2.24, 2.45) is 5.92 Å². The van der Waals surface area contributed by atoms with E-state index in [0.717, 1.165) is 19.6 Å². The zero-order valence-electron chi connectivity index (χ0n) is 12.5. The molecule has 1 saturated heterocycles. The van der Waals surface area contributed by atoms with Crippen LogP contribution in [0.3, 0.4) is 0 Å². The van der Waals surface area contributed by atoms with Crippen LogP contribution in [-0.4, -0.2) is 47.1 Å². The number of ether oxygens (including phenoxy) is 2. The average Bonchev–Trinajstić information content (AvgIpc) is 3.01. The van der Waals surface area contributed by atoms with E-state index in [9.17, 15) is 8.42 Å². The molecule has 6 heteroatoms. The number of methoxy groups -OCH3 is 1. The molecule has 0 aliphatic carbocycles. The summed E-state index contributed by atoms with van der Waals surface area (Å²) in [6.07, 6.45) is 0.912. The number of nitrogens with one attached hydrogen (secondary N) is 1. The molecule has 0 spiro atoms. The van der Waals surface area contributed by atoms with E-state index in [2.05, 4.69) is 5.32 Å². The Morgan fingerprint density at radius 1 is 1.38 bits per heavy atom. The van der Waals surface area contributed by atoms with Gasteiger partial charge in [0.15, 0.2) is 9.84 Å². The highest BCUT2D eigenvalue weighted by Crippen LogP contribution is 2.22. The Balaban J connectivity index is 2.12. The van der Waals surface area contributed by atoms with E-state index >= 15 is 0 Å². The van der Waals surface area contributed by atoms with Crippen LogP contribution in [0, 0.1) is 5.92 Å². The highest BCUT2D eigenvalue weighted by molar-refractivity contribution is 7.91. The van der Waals surface area contributed by atoms with Crippen molar-refractivity contribution in [2.75, 3.05) is 32.6 Å². The third-order valence-electron chi connectivity index (χ3n) is 3.82. The normalized spacial score (nSPS) is 20.4. The minimum absolute atomic E-state index is 0.0652. The zero-order chi connectivity index (χ0) is 15.3. The van der Waals surface area contributed by atoms with Crippen molar-refractivity contribution in [2.45, 2.75) is 24.3 Å². The number of sulfone groups is 1. The minimum Gasteiger partial charge on any atom is -0.497 e. The Bertz CT molecular complexity index is 535. The van der Waals surface area contributed by atoms with Crippen LogP contribution in [0.1, 0.15) is 13.3 Å². The maximum atomic E-state index is 12.6. The van der Waals surface area contributed by atoms with Gasteiger partial charge in [0, 0.05) is 18.6 Å². The SMILES string of the molecule is CCNC(CS(=O)(=O)c1ccc(OC)cc1)C1CCOC1. The lowest BCUT2D eigenvalue weighted by atomic mass is 10.0. The Morgan fingerprint density at radius 2 is 2.10 bits per heavy atom. The van der Waals surface area contributed by atoms with Gasteiger partial charge in [0.25, 0.3) is 0 Å². The van der Waals surface area contributed by atoms with Gasteiger partial charge < -0.3 is 14.8 Å². The number of hydrogen-bond acceptors (Lipinski definition) is 5. The second kappa shape index (κ2) is 7.24. The fraction of sp³-hybridized carbons (Fsp3) is 0.600. The average molecular weight is 313 g/mol. The van der Waals surface area contributed by atoms with Crippen molar-refractivity contribution < 1.29 is 17.9 Å². The first-order valence-electron chi connectivity index (χ1n) is 7.24. The summed E-state index contributed by atoms with van der Waals surface area (Å²) >= 11 is 0. The molecular weight excluding hydrogens is 290 g/mol. The van der Waals surface area contributed by atoms with Gasteiger partial charge in [-0.25, -0.2) is 8.42 Å². The lowest BCUT2D eigenvalue weighted by Crippen LogP contribution is -2.42. The molecule has 0 aromatic heterocycles. The maximum Gasteiger partial charge on any atom is 0.179 e. The summed E-state index contributed by atoms with van der Waals surface area (Å²) in [7, 11) is -1.76. The van der Waals surface area contributed by atoms with Crippen molar-refractivity contribution >= 4 is 9.84 Å². The Hall–Kier alpha value is -1.11. The molecule has 5 nitrogen and oxygen atoms in total. The summed E-state index contributed by atoms with van der Waals surface area (Å²) in [5.41, 5.74) is 0. The molecule has 0 saturated carbocycles. The Labute approximate surface area is 126 Å². The molecular formula is C15H23NO4S. The lowest BCUT2D eigenvalue weighted by Gasteiger charge is -2.23. The molecule has 0 amide bonds. The summed E-state index contributed by atoms with van der Waals surface area (Å²) in [5.74, 6) is 1.01. The molecule has 0 radical (unpaired) electrons. The predicted octanol–water partition coefficient (Wildman–Crippen LogP) is 1.48. The fourth-order valence-corrected chi connectivity index (χ4v) is 4.22. The van der Waals surface area contributed by atoms with Crippen LogP contribution in [0.5, 0.6) is 5.75 Å². The molecule has 1 aliphatic rings. The highest BCUT2D eigenvalue weighted by Gasteiger charge is 2.30. The molecule has 21 heavy (non-hydrogen) atoms. The van der Waals surface area contributed by atoms with Crippen LogP contribution in [0.2, 0.25) is 0 Å². The van der Waals surface area contributed by atoms with E-state index in [4.69, 9.17) is 9.47 Å². The topological polar surface area (TPSA) is 64.6 Å². The molecule has 2 unspecified atom stereocenters. The van der Waals surface area contributed by atoms with E-state index in [0.29, 0.717) is 17.3 Å². The fourth-order valence-electron chi connectivity index (χ4n) is 2.61. The summed E-state index contributed by atoms with van der Waals surface area (Å²) in [6.45, 7) is 4.09. The first kappa shape index (κ1) is 16.3. The second-order valence-electron chi connectivity index (χ2n) is 5.24. The van der Waals surface area contributed by atoms with Gasteiger partial charge in [-0.1, -0.05) is 6.92 Å². The van der Waals surface area contributed by atoms with Gasteiger partial charge in [-0.2, -0.15) is 0 Å². The summed E-state index contributed by atoms with van der Waals surface area (Å²) in [5, 5.41) is 3.29. The van der Waals surface area contributed by atoms with Gasteiger partial charge in [0.2, 0.25) is 0 Å². The van der Waals surface area contributed by atoms with Crippen molar-refractivity contribution in [3.8, 4) is 5.75 Å². The van der Waals surface area contributed by atoms with Crippen LogP contribution < -0.4 is 10.1 Å². The molecule has 1 aromatic rings. The Kier molecular flexibility index (Phi) is 5.61. The van der Waals surface area contributed by atoms with Gasteiger partial charge in [-0.15, -0.1) is 0 Å². The van der Waals surface area contributed by atoms with Crippen molar-refractivity contribution in [1.82, 2.24) is 5.32 Å². The van der Waals surface area contributed by atoms with Crippen LogP contribution in [-0.2, 0) is 14.6 Å². The molecule has 2 rings (SSSR count). The Morgan fingerprint density at radius 3 is 2.62 bits per heavy atom. The van der Waals surface area contributed by atoms with Crippen LogP contribution in [0.15, 0.2) is 29.2 Å². The maximum absolute atomic E-state index is 12.6. The quantitative estimate of drug-likeness (QED) is 0.826. The van der Waals surface area contributed by atoms with E-state index in [-0.39, 0.29) is 17.7 Å². The van der Waals surface area contributed by atoms with Crippen molar-refractivity contribution in [1.29, 1.82) is 0 Å². The van der Waals surface area contributed by atoms with E-state index in [1.54, 1.807) is 31.4 Å². The summed E-state index contributed by atoms with van der Waals surface area (Å²) < 4.78 is 35.5. The van der Waals surface area contributed by atoms with E-state index in [1.165, 1.54) is 0 Å². The highest BCUT2D eigenvalue weighted by atomic mass is 32.2. The predicted molar refractivity (Wildman–Crippen MR) is 81.4 cm³/mol. The molecule has 0 bridgehead atoms. The first-order chi connectivity index (χ1) is 10.1. The van der Waals surface area contributed by atoms with Crippen LogP contribution in [0.4, 0.5) is 0 Å². The van der Waals surface area contributed by atoms with E-state index < -0.39 is 9.84 Å². The number of hydrogen-bond donors (Lipinski definition) is 1. The van der Waals surface area contributed by atoms with Gasteiger partial charge in [0.05, 0.1) is 24.4 Å². The van der Waals surface area contributed by atoms with Crippen molar-refractivity contribution in [3.63, 3.8) is 0 Å². The molecule has 1 aromatic carbocycles. The van der Waals surface area contributed by atoms with Gasteiger partial charge in [0.1, 0.15) is 5.75 Å². The van der Waals surface area contributed by atoms with Gasteiger partial charge in [-0.05, 0) is 37.2 Å². The van der Waals surface area contributed by atoms with Gasteiger partial charge in [-0.3, -0.25) is 0 Å². The first-order valence-corrected chi connectivity index (χ1v) is 8.90. The summed E-state index contributed by atoms with van der Waals surface area (Å²) in [4.78, 5) is 0.338. The monoisotopic (exact) mass is 313 g/mol. The number of rotatable bonds is 7. The molecule has 2 atom stereocenters. The lowest BCUT2D eigenvalue weighted by molar-refractivity contribution is 0.179. The van der Waals surface area contributed by atoms with Gasteiger partial charge >= 0.3 is 0 Å². The smallest absolute Gasteiger partial charge is 0.179 e.